The summed E-state index contributed by atoms with van der Waals surface area (Å²) in [4.78, 5) is 25.8. The number of rotatable bonds is 8. The highest BCUT2D eigenvalue weighted by Crippen LogP contribution is 2.31. The van der Waals surface area contributed by atoms with Gasteiger partial charge in [-0.05, 0) is 37.6 Å². The van der Waals surface area contributed by atoms with Crippen LogP contribution >= 0.6 is 0 Å². The summed E-state index contributed by atoms with van der Waals surface area (Å²) in [6.45, 7) is 12.7. The number of halogens is 1. The maximum atomic E-state index is 13.7. The van der Waals surface area contributed by atoms with Crippen molar-refractivity contribution in [1.29, 1.82) is 0 Å². The van der Waals surface area contributed by atoms with E-state index in [1.165, 1.54) is 31.4 Å². The fraction of sp³-hybridized carbons (Fsp3) is 0.387. The molecule has 2 heterocycles. The van der Waals surface area contributed by atoms with Gasteiger partial charge in [-0.15, -0.1) is 0 Å². The minimum atomic E-state index is -0.421. The van der Waals surface area contributed by atoms with Crippen LogP contribution in [0.25, 0.3) is 22.2 Å². The number of carbonyl (C=O) groups excluding carboxylic acids is 2. The SMILES string of the molecule is CC.CCCCC.CCCNC(=O)c1ccc2c(C(=O)c3c(-c4cccc(F)c4)noc3C)cn(C)c2c1. The van der Waals surface area contributed by atoms with Crippen molar-refractivity contribution in [1.82, 2.24) is 15.0 Å². The minimum absolute atomic E-state index is 0.152. The lowest BCUT2D eigenvalue weighted by molar-refractivity contribution is 0.0953. The average Bonchev–Trinajstić information content (AvgIpc) is 3.48. The largest absolute Gasteiger partial charge is 0.360 e. The number of hydrogen-bond donors (Lipinski definition) is 1. The van der Waals surface area contributed by atoms with Crippen molar-refractivity contribution >= 4 is 22.6 Å². The summed E-state index contributed by atoms with van der Waals surface area (Å²) in [6, 6.07) is 11.1. The molecule has 2 aromatic carbocycles. The van der Waals surface area contributed by atoms with Crippen LogP contribution in [0.4, 0.5) is 4.39 Å². The Bertz CT molecular complexity index is 1350. The Kier molecular flexibility index (Phi) is 11.9. The van der Waals surface area contributed by atoms with Crippen molar-refractivity contribution in [2.75, 3.05) is 6.54 Å². The van der Waals surface area contributed by atoms with E-state index in [2.05, 4.69) is 24.3 Å². The van der Waals surface area contributed by atoms with Crippen molar-refractivity contribution in [3.8, 4) is 11.3 Å². The molecule has 1 amide bonds. The third kappa shape index (κ3) is 7.18. The maximum absolute atomic E-state index is 13.7. The molecule has 2 aromatic heterocycles. The molecule has 0 atom stereocenters. The topological polar surface area (TPSA) is 77.1 Å². The summed E-state index contributed by atoms with van der Waals surface area (Å²) in [7, 11) is 1.82. The van der Waals surface area contributed by atoms with E-state index in [0.29, 0.717) is 45.6 Å². The van der Waals surface area contributed by atoms with Crippen LogP contribution in [-0.4, -0.2) is 28.0 Å². The van der Waals surface area contributed by atoms with E-state index in [1.54, 1.807) is 43.5 Å². The van der Waals surface area contributed by atoms with Crippen molar-refractivity contribution < 1.29 is 18.5 Å². The number of unbranched alkanes of at least 4 members (excludes halogenated alkanes) is 2. The molecule has 0 aliphatic heterocycles. The fourth-order valence-electron chi connectivity index (χ4n) is 4.01. The number of nitrogens with one attached hydrogen (secondary N) is 1. The van der Waals surface area contributed by atoms with E-state index in [1.807, 2.05) is 32.4 Å². The van der Waals surface area contributed by atoms with E-state index in [0.717, 1.165) is 11.9 Å². The number of nitrogens with zero attached hydrogens (tertiary/aromatic N) is 2. The van der Waals surface area contributed by atoms with Gasteiger partial charge in [0.25, 0.3) is 5.91 Å². The molecule has 0 bridgehead atoms. The second-order valence-corrected chi connectivity index (χ2v) is 8.80. The Morgan fingerprint density at radius 2 is 1.74 bits per heavy atom. The van der Waals surface area contributed by atoms with Gasteiger partial charge in [0.1, 0.15) is 17.3 Å². The third-order valence-electron chi connectivity index (χ3n) is 5.93. The fourth-order valence-corrected chi connectivity index (χ4v) is 4.01. The molecule has 0 radical (unpaired) electrons. The number of aryl methyl sites for hydroxylation is 2. The van der Waals surface area contributed by atoms with Gasteiger partial charge < -0.3 is 14.4 Å². The number of amides is 1. The predicted molar refractivity (Wildman–Crippen MR) is 152 cm³/mol. The molecule has 0 unspecified atom stereocenters. The van der Waals surface area contributed by atoms with Crippen molar-refractivity contribution in [2.45, 2.75) is 67.2 Å². The van der Waals surface area contributed by atoms with Crippen LogP contribution in [0, 0.1) is 12.7 Å². The summed E-state index contributed by atoms with van der Waals surface area (Å²) in [5.41, 5.74) is 2.81. The van der Waals surface area contributed by atoms with E-state index >= 15 is 0 Å². The molecule has 4 rings (SSSR count). The monoisotopic (exact) mass is 521 g/mol. The highest BCUT2D eigenvalue weighted by molar-refractivity contribution is 6.19. The molecular weight excluding hydrogens is 481 g/mol. The standard InChI is InChI=1S/C24H22FN3O3.C5H12.C2H6/c1-4-10-26-24(30)16-8-9-18-19(13-28(3)20(18)12-16)23(29)21-14(2)31-27-22(21)15-6-5-7-17(25)11-15;1-3-5-4-2;1-2/h5-9,11-13H,4,10H2,1-3H3,(H,26,30);3-5H2,1-2H3;1-2H3. The normalized spacial score (nSPS) is 10.3. The van der Waals surface area contributed by atoms with Gasteiger partial charge in [0.15, 0.2) is 0 Å². The molecule has 0 aliphatic rings. The van der Waals surface area contributed by atoms with Crippen molar-refractivity contribution in [2.24, 2.45) is 7.05 Å². The Balaban J connectivity index is 0.000000651. The number of ketones is 1. The zero-order chi connectivity index (χ0) is 28.2. The second-order valence-electron chi connectivity index (χ2n) is 8.80. The van der Waals surface area contributed by atoms with Crippen molar-refractivity contribution in [3.63, 3.8) is 0 Å². The third-order valence-corrected chi connectivity index (χ3v) is 5.93. The summed E-state index contributed by atoms with van der Waals surface area (Å²) < 4.78 is 20.8. The lowest BCUT2D eigenvalue weighted by Crippen LogP contribution is -2.23. The van der Waals surface area contributed by atoms with Gasteiger partial charge in [-0.1, -0.05) is 77.2 Å². The van der Waals surface area contributed by atoms with Gasteiger partial charge in [0.2, 0.25) is 5.78 Å². The van der Waals surface area contributed by atoms with E-state index < -0.39 is 5.82 Å². The molecule has 0 aliphatic carbocycles. The lowest BCUT2D eigenvalue weighted by Gasteiger charge is -2.05. The lowest BCUT2D eigenvalue weighted by atomic mass is 9.97. The first kappa shape index (κ1) is 30.5. The van der Waals surface area contributed by atoms with Crippen LogP contribution in [0.1, 0.15) is 92.3 Å². The summed E-state index contributed by atoms with van der Waals surface area (Å²) >= 11 is 0. The van der Waals surface area contributed by atoms with E-state index in [4.69, 9.17) is 4.52 Å². The first-order valence-electron chi connectivity index (χ1n) is 13.5. The maximum Gasteiger partial charge on any atom is 0.251 e. The van der Waals surface area contributed by atoms with Crippen LogP contribution in [0.5, 0.6) is 0 Å². The Morgan fingerprint density at radius 3 is 2.34 bits per heavy atom. The molecule has 204 valence electrons. The van der Waals surface area contributed by atoms with Crippen LogP contribution < -0.4 is 5.32 Å². The van der Waals surface area contributed by atoms with Gasteiger partial charge in [0.05, 0.1) is 5.56 Å². The first-order chi connectivity index (χ1) is 18.3. The van der Waals surface area contributed by atoms with E-state index in [9.17, 15) is 14.0 Å². The van der Waals surface area contributed by atoms with Crippen LogP contribution in [0.2, 0.25) is 0 Å². The number of aromatic nitrogens is 2. The molecule has 0 fully saturated rings. The summed E-state index contributed by atoms with van der Waals surface area (Å²) in [6.07, 6.45) is 6.65. The quantitative estimate of drug-likeness (QED) is 0.239. The molecule has 7 heteroatoms. The molecule has 38 heavy (non-hydrogen) atoms. The highest BCUT2D eigenvalue weighted by Gasteiger charge is 2.26. The summed E-state index contributed by atoms with van der Waals surface area (Å²) in [5.74, 6) is -0.486. The molecular formula is C31H40FN3O3. The predicted octanol–water partition coefficient (Wildman–Crippen LogP) is 7.87. The zero-order valence-corrected chi connectivity index (χ0v) is 23.7. The molecule has 1 N–H and O–H groups in total. The van der Waals surface area contributed by atoms with Crippen molar-refractivity contribution in [3.05, 3.63) is 76.9 Å². The van der Waals surface area contributed by atoms with Gasteiger partial charge in [0, 0.05) is 47.4 Å². The molecule has 6 nitrogen and oxygen atoms in total. The molecule has 0 saturated heterocycles. The van der Waals surface area contributed by atoms with Crippen LogP contribution in [0.15, 0.2) is 53.2 Å². The number of carbonyl (C=O) groups is 2. The van der Waals surface area contributed by atoms with Gasteiger partial charge >= 0.3 is 0 Å². The van der Waals surface area contributed by atoms with Gasteiger partial charge in [-0.3, -0.25) is 9.59 Å². The second kappa shape index (κ2) is 14.9. The summed E-state index contributed by atoms with van der Waals surface area (Å²) in [5, 5.41) is 7.57. The number of fused-ring (bicyclic) bond motifs is 1. The minimum Gasteiger partial charge on any atom is -0.360 e. The molecule has 0 spiro atoms. The van der Waals surface area contributed by atoms with E-state index in [-0.39, 0.29) is 11.7 Å². The first-order valence-corrected chi connectivity index (χ1v) is 13.5. The average molecular weight is 522 g/mol. The highest BCUT2D eigenvalue weighted by atomic mass is 19.1. The molecule has 0 saturated carbocycles. The molecule has 4 aromatic rings. The smallest absolute Gasteiger partial charge is 0.251 e. The number of hydrogen-bond acceptors (Lipinski definition) is 4. The van der Waals surface area contributed by atoms with Gasteiger partial charge in [-0.2, -0.15) is 0 Å². The van der Waals surface area contributed by atoms with Crippen LogP contribution in [0.3, 0.4) is 0 Å². The number of benzene rings is 2. The Hall–Kier alpha value is -3.74. The zero-order valence-electron chi connectivity index (χ0n) is 23.7. The Morgan fingerprint density at radius 1 is 1.03 bits per heavy atom. The van der Waals surface area contributed by atoms with Gasteiger partial charge in [-0.25, -0.2) is 4.39 Å². The Labute approximate surface area is 225 Å². The van der Waals surface area contributed by atoms with Crippen LogP contribution in [-0.2, 0) is 7.05 Å².